The molecule has 0 saturated carbocycles. The number of rotatable bonds is 5. The van der Waals surface area contributed by atoms with Crippen molar-refractivity contribution in [3.8, 4) is 11.9 Å². The van der Waals surface area contributed by atoms with Crippen LogP contribution in [0.2, 0.25) is 0 Å². The Morgan fingerprint density at radius 2 is 1.89 bits per heavy atom. The summed E-state index contributed by atoms with van der Waals surface area (Å²) in [6.45, 7) is 3.75. The highest BCUT2D eigenvalue weighted by molar-refractivity contribution is 6.18. The maximum absolute atomic E-state index is 13.3. The van der Waals surface area contributed by atoms with Crippen LogP contribution >= 0.6 is 0 Å². The summed E-state index contributed by atoms with van der Waals surface area (Å²) in [5.74, 6) is -0.772. The van der Waals surface area contributed by atoms with Crippen molar-refractivity contribution in [2.45, 2.75) is 33.2 Å². The van der Waals surface area contributed by atoms with Crippen molar-refractivity contribution in [1.29, 1.82) is 5.26 Å². The zero-order chi connectivity index (χ0) is 19.6. The van der Waals surface area contributed by atoms with Gasteiger partial charge >= 0.3 is 0 Å². The van der Waals surface area contributed by atoms with E-state index in [1.165, 1.54) is 6.92 Å². The highest BCUT2D eigenvalue weighted by Crippen LogP contribution is 2.28. The molecule has 0 aliphatic rings. The molecule has 0 radical (unpaired) electrons. The third kappa shape index (κ3) is 3.11. The summed E-state index contributed by atoms with van der Waals surface area (Å²) >= 11 is 0. The molecule has 136 valence electrons. The fourth-order valence-electron chi connectivity index (χ4n) is 3.30. The van der Waals surface area contributed by atoms with Crippen LogP contribution in [0.3, 0.4) is 0 Å². The van der Waals surface area contributed by atoms with Gasteiger partial charge in [0, 0.05) is 12.1 Å². The second-order valence-electron chi connectivity index (χ2n) is 6.48. The smallest absolute Gasteiger partial charge is 0.271 e. The molecule has 0 fully saturated rings. The van der Waals surface area contributed by atoms with Crippen molar-refractivity contribution in [2.75, 3.05) is 0 Å². The molecule has 0 spiro atoms. The summed E-state index contributed by atoms with van der Waals surface area (Å²) in [4.78, 5) is 25.9. The first-order chi connectivity index (χ1) is 13.0. The molecule has 5 heteroatoms. The van der Waals surface area contributed by atoms with Gasteiger partial charge in [-0.1, -0.05) is 55.8 Å². The molecule has 0 bridgehead atoms. The molecule has 3 aromatic rings. The highest BCUT2D eigenvalue weighted by Gasteiger charge is 2.25. The minimum absolute atomic E-state index is 0.0126. The number of ketones is 1. The van der Waals surface area contributed by atoms with Crippen molar-refractivity contribution < 1.29 is 9.90 Å². The first-order valence-electron chi connectivity index (χ1n) is 8.90. The van der Waals surface area contributed by atoms with Crippen LogP contribution in [0.15, 0.2) is 47.3 Å². The number of aromatic hydroxyl groups is 1. The van der Waals surface area contributed by atoms with Gasteiger partial charge in [-0.15, -0.1) is 0 Å². The predicted octanol–water partition coefficient (Wildman–Crippen LogP) is 3.92. The Kier molecular flexibility index (Phi) is 5.09. The molecule has 1 aromatic heterocycles. The molecule has 0 aliphatic heterocycles. The SMILES string of the molecule is CCCCn1c(O)c(C(=O)c2cccc3ccccc23)c(C)c(C#N)c1=O. The zero-order valence-electron chi connectivity index (χ0n) is 15.3. The van der Waals surface area contributed by atoms with E-state index in [4.69, 9.17) is 0 Å². The number of benzene rings is 2. The first-order valence-corrected chi connectivity index (χ1v) is 8.90. The summed E-state index contributed by atoms with van der Waals surface area (Å²) in [7, 11) is 0. The molecule has 1 N–H and O–H groups in total. The number of nitrogens with zero attached hydrogens (tertiary/aromatic N) is 2. The first kappa shape index (κ1) is 18.4. The van der Waals surface area contributed by atoms with Gasteiger partial charge in [0.2, 0.25) is 5.88 Å². The predicted molar refractivity (Wildman–Crippen MR) is 104 cm³/mol. The lowest BCUT2D eigenvalue weighted by Gasteiger charge is -2.16. The number of fused-ring (bicyclic) bond motifs is 1. The lowest BCUT2D eigenvalue weighted by Crippen LogP contribution is -2.27. The number of unbranched alkanes of at least 4 members (excludes halogenated alkanes) is 1. The van der Waals surface area contributed by atoms with E-state index in [1.807, 2.05) is 43.3 Å². The Hall–Kier alpha value is -3.39. The molecule has 27 heavy (non-hydrogen) atoms. The fraction of sp³-hybridized carbons (Fsp3) is 0.227. The number of pyridine rings is 1. The molecule has 5 nitrogen and oxygen atoms in total. The third-order valence-electron chi connectivity index (χ3n) is 4.80. The van der Waals surface area contributed by atoms with Gasteiger partial charge in [-0.05, 0) is 29.7 Å². The fourth-order valence-corrected chi connectivity index (χ4v) is 3.30. The summed E-state index contributed by atoms with van der Waals surface area (Å²) in [5.41, 5.74) is -0.0109. The Labute approximate surface area is 157 Å². The summed E-state index contributed by atoms with van der Waals surface area (Å²) in [6, 6.07) is 14.7. The number of hydrogen-bond donors (Lipinski definition) is 1. The number of carbonyl (C=O) groups excluding carboxylic acids is 1. The number of carbonyl (C=O) groups is 1. The minimum atomic E-state index is -0.560. The van der Waals surface area contributed by atoms with Gasteiger partial charge in [-0.2, -0.15) is 5.26 Å². The second kappa shape index (κ2) is 7.46. The van der Waals surface area contributed by atoms with Crippen molar-refractivity contribution in [1.82, 2.24) is 4.57 Å². The van der Waals surface area contributed by atoms with E-state index < -0.39 is 11.3 Å². The van der Waals surface area contributed by atoms with Gasteiger partial charge in [0.15, 0.2) is 5.78 Å². The molecule has 3 rings (SSSR count). The van der Waals surface area contributed by atoms with E-state index in [0.29, 0.717) is 12.0 Å². The summed E-state index contributed by atoms with van der Waals surface area (Å²) in [6.07, 6.45) is 1.47. The normalized spacial score (nSPS) is 10.7. The second-order valence-corrected chi connectivity index (χ2v) is 6.48. The standard InChI is InChI=1S/C22H20N2O3/c1-3-4-12-24-21(26)18(13-23)14(2)19(22(24)27)20(25)17-11-7-9-15-8-5-6-10-16(15)17/h5-11,27H,3-4,12H2,1-2H3. The van der Waals surface area contributed by atoms with Crippen LogP contribution in [0.25, 0.3) is 10.8 Å². The molecular weight excluding hydrogens is 340 g/mol. The van der Waals surface area contributed by atoms with Gasteiger partial charge in [-0.3, -0.25) is 14.2 Å². The van der Waals surface area contributed by atoms with Crippen LogP contribution in [-0.2, 0) is 6.54 Å². The Morgan fingerprint density at radius 3 is 2.59 bits per heavy atom. The van der Waals surface area contributed by atoms with Crippen LogP contribution in [0.1, 0.15) is 46.8 Å². The van der Waals surface area contributed by atoms with Crippen molar-refractivity contribution in [3.63, 3.8) is 0 Å². The van der Waals surface area contributed by atoms with Gasteiger partial charge in [0.1, 0.15) is 11.6 Å². The van der Waals surface area contributed by atoms with E-state index >= 15 is 0 Å². The van der Waals surface area contributed by atoms with Gasteiger partial charge in [-0.25, -0.2) is 0 Å². The zero-order valence-corrected chi connectivity index (χ0v) is 15.3. The molecule has 0 unspecified atom stereocenters. The summed E-state index contributed by atoms with van der Waals surface area (Å²) in [5, 5.41) is 21.8. The average molecular weight is 360 g/mol. The van der Waals surface area contributed by atoms with E-state index in [0.717, 1.165) is 21.8 Å². The van der Waals surface area contributed by atoms with Gasteiger partial charge < -0.3 is 5.11 Å². The average Bonchev–Trinajstić information content (AvgIpc) is 2.67. The Balaban J connectivity index is 2.28. The molecule has 0 aliphatic carbocycles. The van der Waals surface area contributed by atoms with Crippen molar-refractivity contribution in [2.24, 2.45) is 0 Å². The van der Waals surface area contributed by atoms with E-state index in [9.17, 15) is 20.0 Å². The molecular formula is C22H20N2O3. The Bertz CT molecular complexity index is 1130. The van der Waals surface area contributed by atoms with E-state index in [1.54, 1.807) is 12.1 Å². The largest absolute Gasteiger partial charge is 0.494 e. The van der Waals surface area contributed by atoms with Gasteiger partial charge in [0.25, 0.3) is 5.56 Å². The highest BCUT2D eigenvalue weighted by atomic mass is 16.3. The van der Waals surface area contributed by atoms with E-state index in [2.05, 4.69) is 0 Å². The number of aromatic nitrogens is 1. The molecule has 0 atom stereocenters. The van der Waals surface area contributed by atoms with Crippen LogP contribution in [-0.4, -0.2) is 15.5 Å². The number of nitriles is 1. The molecule has 2 aromatic carbocycles. The monoisotopic (exact) mass is 360 g/mol. The topological polar surface area (TPSA) is 83.1 Å². The van der Waals surface area contributed by atoms with Crippen LogP contribution < -0.4 is 5.56 Å². The van der Waals surface area contributed by atoms with Crippen LogP contribution in [0, 0.1) is 18.3 Å². The van der Waals surface area contributed by atoms with Crippen molar-refractivity contribution >= 4 is 16.6 Å². The maximum atomic E-state index is 13.3. The molecule has 1 heterocycles. The minimum Gasteiger partial charge on any atom is -0.494 e. The summed E-state index contributed by atoms with van der Waals surface area (Å²) < 4.78 is 1.13. The van der Waals surface area contributed by atoms with Crippen molar-refractivity contribution in [3.05, 3.63) is 75.1 Å². The molecule has 0 amide bonds. The lowest BCUT2D eigenvalue weighted by molar-refractivity contribution is 0.103. The van der Waals surface area contributed by atoms with E-state index in [-0.39, 0.29) is 29.1 Å². The maximum Gasteiger partial charge on any atom is 0.271 e. The number of hydrogen-bond acceptors (Lipinski definition) is 4. The third-order valence-corrected chi connectivity index (χ3v) is 4.80. The van der Waals surface area contributed by atoms with Crippen LogP contribution in [0.4, 0.5) is 0 Å². The lowest BCUT2D eigenvalue weighted by atomic mass is 9.94. The van der Waals surface area contributed by atoms with Gasteiger partial charge in [0.05, 0.1) is 5.56 Å². The van der Waals surface area contributed by atoms with Crippen LogP contribution in [0.5, 0.6) is 5.88 Å². The molecule has 0 saturated heterocycles. The quantitative estimate of drug-likeness (QED) is 0.699. The Morgan fingerprint density at radius 1 is 1.19 bits per heavy atom.